The molecule has 4 nitrogen and oxygen atoms in total. The second-order valence-electron chi connectivity index (χ2n) is 5.33. The van der Waals surface area contributed by atoms with E-state index in [1.807, 2.05) is 0 Å². The van der Waals surface area contributed by atoms with Gasteiger partial charge in [-0.15, -0.1) is 10.2 Å². The summed E-state index contributed by atoms with van der Waals surface area (Å²) in [5.41, 5.74) is 2.40. The third kappa shape index (κ3) is 2.40. The van der Waals surface area contributed by atoms with Gasteiger partial charge in [-0.3, -0.25) is 0 Å². The van der Waals surface area contributed by atoms with E-state index in [1.165, 1.54) is 5.56 Å². The number of rotatable bonds is 2. The van der Waals surface area contributed by atoms with Crippen LogP contribution in [0.3, 0.4) is 0 Å². The maximum Gasteiger partial charge on any atom is 0.163 e. The van der Waals surface area contributed by atoms with Gasteiger partial charge in [0.15, 0.2) is 5.82 Å². The van der Waals surface area contributed by atoms with Crippen LogP contribution in [0, 0.1) is 6.92 Å². The number of benzene rings is 1. The lowest BCUT2D eigenvalue weighted by Crippen LogP contribution is -2.27. The maximum atomic E-state index is 4.43. The van der Waals surface area contributed by atoms with Crippen molar-refractivity contribution < 1.29 is 0 Å². The molecule has 0 bridgehead atoms. The van der Waals surface area contributed by atoms with Crippen molar-refractivity contribution in [3.63, 3.8) is 0 Å². The number of piperidine rings is 1. The van der Waals surface area contributed by atoms with Gasteiger partial charge in [0, 0.05) is 18.5 Å². The molecule has 0 saturated carbocycles. The molecule has 2 heterocycles. The average molecular weight is 256 g/mol. The van der Waals surface area contributed by atoms with Crippen LogP contribution >= 0.6 is 0 Å². The Morgan fingerprint density at radius 1 is 1.21 bits per heavy atom. The summed E-state index contributed by atoms with van der Waals surface area (Å²) in [6.07, 6.45) is 2.31. The van der Waals surface area contributed by atoms with Gasteiger partial charge in [-0.05, 0) is 38.9 Å². The molecule has 2 aromatic rings. The van der Waals surface area contributed by atoms with Gasteiger partial charge >= 0.3 is 0 Å². The molecule has 1 aromatic heterocycles. The van der Waals surface area contributed by atoms with Crippen molar-refractivity contribution in [2.75, 3.05) is 13.1 Å². The summed E-state index contributed by atoms with van der Waals surface area (Å²) >= 11 is 0. The van der Waals surface area contributed by atoms with Crippen molar-refractivity contribution in [2.45, 2.75) is 25.7 Å². The van der Waals surface area contributed by atoms with Crippen LogP contribution in [0.5, 0.6) is 0 Å². The number of nitrogens with zero attached hydrogens (tertiary/aromatic N) is 3. The number of aromatic nitrogens is 3. The van der Waals surface area contributed by atoms with Crippen LogP contribution in [0.15, 0.2) is 24.3 Å². The second-order valence-corrected chi connectivity index (χ2v) is 5.33. The largest absolute Gasteiger partial charge is 0.317 e. The Bertz CT molecular complexity index is 567. The van der Waals surface area contributed by atoms with Gasteiger partial charge in [0.2, 0.25) is 0 Å². The molecule has 0 atom stereocenters. The molecule has 1 aliphatic heterocycles. The topological polar surface area (TPSA) is 42.7 Å². The Labute approximate surface area is 113 Å². The zero-order chi connectivity index (χ0) is 13.2. The fraction of sp³-hybridized carbons (Fsp3) is 0.467. The van der Waals surface area contributed by atoms with E-state index in [-0.39, 0.29) is 0 Å². The van der Waals surface area contributed by atoms with Crippen LogP contribution in [0.1, 0.15) is 30.1 Å². The van der Waals surface area contributed by atoms with Crippen molar-refractivity contribution in [3.8, 4) is 11.4 Å². The lowest BCUT2D eigenvalue weighted by atomic mass is 9.97. The zero-order valence-electron chi connectivity index (χ0n) is 11.6. The SMILES string of the molecule is Cc1cccc(-c2nnc(C3CCNCC3)n2C)c1. The smallest absolute Gasteiger partial charge is 0.163 e. The molecule has 19 heavy (non-hydrogen) atoms. The molecule has 100 valence electrons. The molecule has 1 aromatic carbocycles. The van der Waals surface area contributed by atoms with Crippen LogP contribution < -0.4 is 5.32 Å². The van der Waals surface area contributed by atoms with Gasteiger partial charge in [0.05, 0.1) is 0 Å². The van der Waals surface area contributed by atoms with Crippen LogP contribution in [-0.2, 0) is 7.05 Å². The van der Waals surface area contributed by atoms with Gasteiger partial charge in [0.1, 0.15) is 5.82 Å². The highest BCUT2D eigenvalue weighted by Crippen LogP contribution is 2.26. The number of aryl methyl sites for hydroxylation is 1. The molecule has 1 aliphatic rings. The lowest BCUT2D eigenvalue weighted by molar-refractivity contribution is 0.436. The third-order valence-corrected chi connectivity index (χ3v) is 3.89. The third-order valence-electron chi connectivity index (χ3n) is 3.89. The van der Waals surface area contributed by atoms with Crippen LogP contribution in [0.4, 0.5) is 0 Å². The van der Waals surface area contributed by atoms with Gasteiger partial charge in [-0.2, -0.15) is 0 Å². The first-order valence-electron chi connectivity index (χ1n) is 6.93. The molecular weight excluding hydrogens is 236 g/mol. The summed E-state index contributed by atoms with van der Waals surface area (Å²) in [6, 6.07) is 8.44. The number of nitrogens with one attached hydrogen (secondary N) is 1. The predicted molar refractivity (Wildman–Crippen MR) is 76.0 cm³/mol. The fourth-order valence-electron chi connectivity index (χ4n) is 2.81. The standard InChI is InChI=1S/C15H20N4/c1-11-4-3-5-13(10-11)15-18-17-14(19(15)2)12-6-8-16-9-7-12/h3-5,10,12,16H,6-9H2,1-2H3. The first-order chi connectivity index (χ1) is 9.25. The second kappa shape index (κ2) is 5.13. The summed E-state index contributed by atoms with van der Waals surface area (Å²) in [5.74, 6) is 2.63. The molecule has 1 saturated heterocycles. The summed E-state index contributed by atoms with van der Waals surface area (Å²) in [5, 5.41) is 12.2. The Kier molecular flexibility index (Phi) is 3.34. The van der Waals surface area contributed by atoms with Crippen molar-refractivity contribution in [1.29, 1.82) is 0 Å². The van der Waals surface area contributed by atoms with E-state index in [9.17, 15) is 0 Å². The Balaban J connectivity index is 1.94. The highest BCUT2D eigenvalue weighted by Gasteiger charge is 2.21. The molecule has 0 aliphatic carbocycles. The summed E-state index contributed by atoms with van der Waals surface area (Å²) in [6.45, 7) is 4.27. The number of hydrogen-bond acceptors (Lipinski definition) is 3. The minimum Gasteiger partial charge on any atom is -0.317 e. The molecule has 0 amide bonds. The van der Waals surface area contributed by atoms with Crippen LogP contribution in [-0.4, -0.2) is 27.9 Å². The van der Waals surface area contributed by atoms with E-state index in [0.29, 0.717) is 5.92 Å². The maximum absolute atomic E-state index is 4.43. The molecule has 3 rings (SSSR count). The first-order valence-corrected chi connectivity index (χ1v) is 6.93. The normalized spacial score (nSPS) is 16.7. The van der Waals surface area contributed by atoms with Crippen molar-refractivity contribution >= 4 is 0 Å². The quantitative estimate of drug-likeness (QED) is 0.896. The van der Waals surface area contributed by atoms with Crippen molar-refractivity contribution in [1.82, 2.24) is 20.1 Å². The molecule has 0 unspecified atom stereocenters. The average Bonchev–Trinajstić information content (AvgIpc) is 2.81. The van der Waals surface area contributed by atoms with Crippen molar-refractivity contribution in [3.05, 3.63) is 35.7 Å². The molecular formula is C15H20N4. The minimum absolute atomic E-state index is 0.539. The zero-order valence-corrected chi connectivity index (χ0v) is 11.6. The van der Waals surface area contributed by atoms with E-state index < -0.39 is 0 Å². The molecule has 0 radical (unpaired) electrons. The Morgan fingerprint density at radius 2 is 2.00 bits per heavy atom. The molecule has 1 fully saturated rings. The van der Waals surface area contributed by atoms with Gasteiger partial charge in [0.25, 0.3) is 0 Å². The lowest BCUT2D eigenvalue weighted by Gasteiger charge is -2.21. The van der Waals surface area contributed by atoms with Gasteiger partial charge in [-0.25, -0.2) is 0 Å². The van der Waals surface area contributed by atoms with Gasteiger partial charge in [-0.1, -0.05) is 23.8 Å². The Hall–Kier alpha value is -1.68. The van der Waals surface area contributed by atoms with Crippen LogP contribution in [0.25, 0.3) is 11.4 Å². The number of hydrogen-bond donors (Lipinski definition) is 1. The molecule has 4 heteroatoms. The van der Waals surface area contributed by atoms with Crippen molar-refractivity contribution in [2.24, 2.45) is 7.05 Å². The monoisotopic (exact) mass is 256 g/mol. The minimum atomic E-state index is 0.539. The highest BCUT2D eigenvalue weighted by atomic mass is 15.3. The van der Waals surface area contributed by atoms with E-state index in [2.05, 4.69) is 58.3 Å². The summed E-state index contributed by atoms with van der Waals surface area (Å²) in [7, 11) is 2.08. The van der Waals surface area contributed by atoms with Crippen LogP contribution in [0.2, 0.25) is 0 Å². The summed E-state index contributed by atoms with van der Waals surface area (Å²) < 4.78 is 2.16. The predicted octanol–water partition coefficient (Wildman–Crippen LogP) is 2.26. The van der Waals surface area contributed by atoms with Gasteiger partial charge < -0.3 is 9.88 Å². The molecule has 1 N–H and O–H groups in total. The highest BCUT2D eigenvalue weighted by molar-refractivity contribution is 5.56. The first kappa shape index (κ1) is 12.4. The van der Waals surface area contributed by atoms with E-state index in [4.69, 9.17) is 0 Å². The molecule has 0 spiro atoms. The van der Waals surface area contributed by atoms with E-state index in [1.54, 1.807) is 0 Å². The van der Waals surface area contributed by atoms with E-state index in [0.717, 1.165) is 43.1 Å². The Morgan fingerprint density at radius 3 is 2.74 bits per heavy atom. The van der Waals surface area contributed by atoms with E-state index >= 15 is 0 Å². The fourth-order valence-corrected chi connectivity index (χ4v) is 2.81. The summed E-state index contributed by atoms with van der Waals surface area (Å²) in [4.78, 5) is 0.